The lowest BCUT2D eigenvalue weighted by Gasteiger charge is -2.31. The van der Waals surface area contributed by atoms with Crippen molar-refractivity contribution in [1.29, 1.82) is 0 Å². The third-order valence-electron chi connectivity index (χ3n) is 3.60. The Morgan fingerprint density at radius 2 is 1.93 bits per heavy atom. The SMILES string of the molecule is CC1C2=C(CCCC2)Oc2ccccc21. The molecule has 0 saturated carbocycles. The second-order valence-electron chi connectivity index (χ2n) is 4.52. The second kappa shape index (κ2) is 3.41. The summed E-state index contributed by atoms with van der Waals surface area (Å²) in [5, 5.41) is 0. The molecule has 1 heteroatoms. The Bertz CT molecular complexity index is 417. The Kier molecular flexibility index (Phi) is 2.05. The minimum absolute atomic E-state index is 0.560. The largest absolute Gasteiger partial charge is 0.461 e. The summed E-state index contributed by atoms with van der Waals surface area (Å²) in [5.41, 5.74) is 2.90. The highest BCUT2D eigenvalue weighted by molar-refractivity contribution is 5.45. The van der Waals surface area contributed by atoms with E-state index in [4.69, 9.17) is 4.74 Å². The summed E-state index contributed by atoms with van der Waals surface area (Å²) in [5.74, 6) is 2.89. The molecule has 0 aromatic heterocycles. The van der Waals surface area contributed by atoms with Gasteiger partial charge in [-0.25, -0.2) is 0 Å². The first kappa shape index (κ1) is 9.02. The van der Waals surface area contributed by atoms with E-state index in [9.17, 15) is 0 Å². The number of rotatable bonds is 0. The molecule has 78 valence electrons. The standard InChI is InChI=1S/C14H16O/c1-10-11-6-2-4-8-13(11)15-14-9-5-3-7-12(10)14/h2,4,6,8,10H,3,5,7,9H2,1H3. The van der Waals surface area contributed by atoms with Gasteiger partial charge >= 0.3 is 0 Å². The number of hydrogen-bond donors (Lipinski definition) is 0. The van der Waals surface area contributed by atoms with Gasteiger partial charge in [0, 0.05) is 17.9 Å². The minimum atomic E-state index is 0.560. The van der Waals surface area contributed by atoms with Crippen LogP contribution in [0.4, 0.5) is 0 Å². The Morgan fingerprint density at radius 1 is 1.13 bits per heavy atom. The summed E-state index contributed by atoms with van der Waals surface area (Å²) in [6.07, 6.45) is 4.97. The van der Waals surface area contributed by atoms with Gasteiger partial charge in [0.2, 0.25) is 0 Å². The van der Waals surface area contributed by atoms with Gasteiger partial charge in [0.15, 0.2) is 0 Å². The molecule has 0 fully saturated rings. The van der Waals surface area contributed by atoms with E-state index in [2.05, 4.69) is 31.2 Å². The van der Waals surface area contributed by atoms with Crippen LogP contribution in [0.15, 0.2) is 35.6 Å². The average Bonchev–Trinajstić information content (AvgIpc) is 2.30. The first-order chi connectivity index (χ1) is 7.36. The molecule has 0 N–H and O–H groups in total. The molecular formula is C14H16O. The van der Waals surface area contributed by atoms with Crippen LogP contribution >= 0.6 is 0 Å². The molecule has 0 spiro atoms. The molecule has 1 atom stereocenters. The zero-order chi connectivity index (χ0) is 10.3. The van der Waals surface area contributed by atoms with E-state index in [-0.39, 0.29) is 0 Å². The Balaban J connectivity index is 2.07. The highest BCUT2D eigenvalue weighted by Crippen LogP contribution is 2.43. The third kappa shape index (κ3) is 1.38. The maximum atomic E-state index is 5.99. The van der Waals surface area contributed by atoms with E-state index >= 15 is 0 Å². The van der Waals surface area contributed by atoms with Gasteiger partial charge in [-0.3, -0.25) is 0 Å². The lowest BCUT2D eigenvalue weighted by molar-refractivity contribution is 0.347. The molecule has 1 aliphatic heterocycles. The molecule has 1 aromatic carbocycles. The molecule has 2 aliphatic rings. The molecule has 3 rings (SSSR count). The number of para-hydroxylation sites is 1. The van der Waals surface area contributed by atoms with E-state index in [1.807, 2.05) is 0 Å². The van der Waals surface area contributed by atoms with Crippen LogP contribution in [0.3, 0.4) is 0 Å². The molecule has 0 amide bonds. The van der Waals surface area contributed by atoms with Gasteiger partial charge in [-0.2, -0.15) is 0 Å². The first-order valence-electron chi connectivity index (χ1n) is 5.85. The zero-order valence-corrected chi connectivity index (χ0v) is 9.12. The average molecular weight is 200 g/mol. The lowest BCUT2D eigenvalue weighted by Crippen LogP contribution is -2.16. The summed E-state index contributed by atoms with van der Waals surface area (Å²) < 4.78 is 5.99. The van der Waals surface area contributed by atoms with Crippen molar-refractivity contribution in [2.24, 2.45) is 0 Å². The summed E-state index contributed by atoms with van der Waals surface area (Å²) in [6.45, 7) is 2.31. The van der Waals surface area contributed by atoms with Gasteiger partial charge in [-0.15, -0.1) is 0 Å². The molecule has 1 unspecified atom stereocenters. The maximum Gasteiger partial charge on any atom is 0.130 e. The summed E-state index contributed by atoms with van der Waals surface area (Å²) in [6, 6.07) is 8.44. The summed E-state index contributed by atoms with van der Waals surface area (Å²) in [7, 11) is 0. The van der Waals surface area contributed by atoms with Crippen LogP contribution in [-0.4, -0.2) is 0 Å². The number of hydrogen-bond acceptors (Lipinski definition) is 1. The summed E-state index contributed by atoms with van der Waals surface area (Å²) >= 11 is 0. The topological polar surface area (TPSA) is 9.23 Å². The minimum Gasteiger partial charge on any atom is -0.461 e. The fourth-order valence-electron chi connectivity index (χ4n) is 2.73. The summed E-state index contributed by atoms with van der Waals surface area (Å²) in [4.78, 5) is 0. The highest BCUT2D eigenvalue weighted by atomic mass is 16.5. The second-order valence-corrected chi connectivity index (χ2v) is 4.52. The van der Waals surface area contributed by atoms with Crippen molar-refractivity contribution in [2.75, 3.05) is 0 Å². The molecule has 1 heterocycles. The van der Waals surface area contributed by atoms with E-state index in [0.717, 1.165) is 12.2 Å². The van der Waals surface area contributed by atoms with Crippen LogP contribution in [0.2, 0.25) is 0 Å². The van der Waals surface area contributed by atoms with Gasteiger partial charge in [0.05, 0.1) is 0 Å². The Labute approximate surface area is 90.8 Å². The van der Waals surface area contributed by atoms with Gasteiger partial charge in [-0.05, 0) is 30.9 Å². The number of ether oxygens (including phenoxy) is 1. The van der Waals surface area contributed by atoms with Gasteiger partial charge in [0.1, 0.15) is 11.5 Å². The Hall–Kier alpha value is -1.24. The number of fused-ring (bicyclic) bond motifs is 1. The first-order valence-corrected chi connectivity index (χ1v) is 5.85. The van der Waals surface area contributed by atoms with E-state index < -0.39 is 0 Å². The molecule has 1 nitrogen and oxygen atoms in total. The molecule has 1 aliphatic carbocycles. The van der Waals surface area contributed by atoms with Crippen molar-refractivity contribution >= 4 is 0 Å². The third-order valence-corrected chi connectivity index (χ3v) is 3.60. The zero-order valence-electron chi connectivity index (χ0n) is 9.12. The van der Waals surface area contributed by atoms with Crippen LogP contribution < -0.4 is 4.74 Å². The van der Waals surface area contributed by atoms with Crippen molar-refractivity contribution in [3.8, 4) is 5.75 Å². The van der Waals surface area contributed by atoms with Crippen LogP contribution in [0.25, 0.3) is 0 Å². The van der Waals surface area contributed by atoms with E-state index in [1.165, 1.54) is 30.6 Å². The molecule has 15 heavy (non-hydrogen) atoms. The normalized spacial score (nSPS) is 24.2. The van der Waals surface area contributed by atoms with Crippen molar-refractivity contribution in [1.82, 2.24) is 0 Å². The molecule has 0 saturated heterocycles. The van der Waals surface area contributed by atoms with Crippen molar-refractivity contribution < 1.29 is 4.74 Å². The van der Waals surface area contributed by atoms with E-state index in [1.54, 1.807) is 5.57 Å². The molecular weight excluding hydrogens is 184 g/mol. The van der Waals surface area contributed by atoms with Crippen LogP contribution in [0.1, 0.15) is 44.1 Å². The smallest absolute Gasteiger partial charge is 0.130 e. The van der Waals surface area contributed by atoms with Crippen LogP contribution in [0, 0.1) is 0 Å². The van der Waals surface area contributed by atoms with Crippen molar-refractivity contribution in [2.45, 2.75) is 38.5 Å². The molecule has 0 radical (unpaired) electrons. The van der Waals surface area contributed by atoms with Crippen LogP contribution in [0.5, 0.6) is 5.75 Å². The van der Waals surface area contributed by atoms with Crippen LogP contribution in [-0.2, 0) is 0 Å². The van der Waals surface area contributed by atoms with Gasteiger partial charge in [-0.1, -0.05) is 25.1 Å². The predicted octanol–water partition coefficient (Wildman–Crippen LogP) is 4.01. The van der Waals surface area contributed by atoms with Gasteiger partial charge in [0.25, 0.3) is 0 Å². The molecule has 0 bridgehead atoms. The Morgan fingerprint density at radius 3 is 2.87 bits per heavy atom. The monoisotopic (exact) mass is 200 g/mol. The maximum absolute atomic E-state index is 5.99. The predicted molar refractivity (Wildman–Crippen MR) is 61.0 cm³/mol. The van der Waals surface area contributed by atoms with Gasteiger partial charge < -0.3 is 4.74 Å². The van der Waals surface area contributed by atoms with Crippen molar-refractivity contribution in [3.63, 3.8) is 0 Å². The fraction of sp³-hybridized carbons (Fsp3) is 0.429. The highest BCUT2D eigenvalue weighted by Gasteiger charge is 2.27. The fourth-order valence-corrected chi connectivity index (χ4v) is 2.73. The van der Waals surface area contributed by atoms with E-state index in [0.29, 0.717) is 5.92 Å². The molecule has 1 aromatic rings. The van der Waals surface area contributed by atoms with Crippen molar-refractivity contribution in [3.05, 3.63) is 41.2 Å². The lowest BCUT2D eigenvalue weighted by atomic mass is 9.83. The number of allylic oxidation sites excluding steroid dienone is 2. The number of benzene rings is 1. The quantitative estimate of drug-likeness (QED) is 0.614.